The lowest BCUT2D eigenvalue weighted by atomic mass is 10.1. The van der Waals surface area contributed by atoms with Gasteiger partial charge in [0.15, 0.2) is 11.5 Å². The molecule has 2 rings (SSSR count). The first kappa shape index (κ1) is 13.0. The van der Waals surface area contributed by atoms with Crippen LogP contribution in [-0.2, 0) is 11.2 Å². The van der Waals surface area contributed by atoms with Crippen LogP contribution in [0.4, 0.5) is 0 Å². The van der Waals surface area contributed by atoms with Crippen molar-refractivity contribution in [3.05, 3.63) is 17.7 Å². The molecule has 0 saturated heterocycles. The van der Waals surface area contributed by atoms with E-state index in [0.717, 1.165) is 37.6 Å². The smallest absolute Gasteiger partial charge is 0.231 e. The van der Waals surface area contributed by atoms with Crippen molar-refractivity contribution in [3.63, 3.8) is 0 Å². The van der Waals surface area contributed by atoms with Crippen LogP contribution in [-0.4, -0.2) is 40.7 Å². The maximum absolute atomic E-state index is 5.38. The summed E-state index contributed by atoms with van der Waals surface area (Å²) < 4.78 is 21.0. The Labute approximate surface area is 107 Å². The van der Waals surface area contributed by atoms with Gasteiger partial charge in [-0.3, -0.25) is 0 Å². The van der Waals surface area contributed by atoms with Gasteiger partial charge in [0.05, 0.1) is 13.7 Å². The molecule has 0 unspecified atom stereocenters. The van der Waals surface area contributed by atoms with Crippen molar-refractivity contribution in [2.75, 3.05) is 40.7 Å². The Hall–Kier alpha value is -1.46. The molecule has 0 amide bonds. The lowest BCUT2D eigenvalue weighted by Gasteiger charge is -2.08. The number of hydrogen-bond acceptors (Lipinski definition) is 5. The van der Waals surface area contributed by atoms with Gasteiger partial charge in [0.25, 0.3) is 0 Å². The zero-order valence-electron chi connectivity index (χ0n) is 10.8. The largest absolute Gasteiger partial charge is 0.493 e. The lowest BCUT2D eigenvalue weighted by molar-refractivity contribution is 0.171. The fourth-order valence-corrected chi connectivity index (χ4v) is 1.86. The predicted molar refractivity (Wildman–Crippen MR) is 67.6 cm³/mol. The molecule has 18 heavy (non-hydrogen) atoms. The average molecular weight is 253 g/mol. The predicted octanol–water partition coefficient (Wildman–Crippen LogP) is 1.20. The summed E-state index contributed by atoms with van der Waals surface area (Å²) in [5.74, 6) is 2.20. The second kappa shape index (κ2) is 6.47. The molecule has 5 nitrogen and oxygen atoms in total. The summed E-state index contributed by atoms with van der Waals surface area (Å²) in [6, 6.07) is 3.99. The van der Waals surface area contributed by atoms with E-state index in [-0.39, 0.29) is 6.79 Å². The van der Waals surface area contributed by atoms with E-state index in [2.05, 4.69) is 5.32 Å². The van der Waals surface area contributed by atoms with Crippen molar-refractivity contribution in [1.29, 1.82) is 0 Å². The molecule has 0 saturated carbocycles. The summed E-state index contributed by atoms with van der Waals surface area (Å²) in [7, 11) is 3.34. The summed E-state index contributed by atoms with van der Waals surface area (Å²) in [4.78, 5) is 0. The Kier molecular flexibility index (Phi) is 4.66. The SMILES string of the molecule is COCCNCCc1cc(OC)c2c(c1)OCO2. The van der Waals surface area contributed by atoms with Crippen molar-refractivity contribution in [1.82, 2.24) is 5.32 Å². The Morgan fingerprint density at radius 1 is 1.22 bits per heavy atom. The van der Waals surface area contributed by atoms with Crippen LogP contribution < -0.4 is 19.5 Å². The number of hydrogen-bond donors (Lipinski definition) is 1. The number of fused-ring (bicyclic) bond motifs is 1. The molecular formula is C13H19NO4. The van der Waals surface area contributed by atoms with Crippen LogP contribution in [0.5, 0.6) is 17.2 Å². The third kappa shape index (κ3) is 3.05. The molecule has 1 aliphatic rings. The van der Waals surface area contributed by atoms with Crippen LogP contribution in [0, 0.1) is 0 Å². The third-order valence-corrected chi connectivity index (χ3v) is 2.79. The normalized spacial score (nSPS) is 12.8. The molecule has 0 aliphatic carbocycles. The third-order valence-electron chi connectivity index (χ3n) is 2.79. The van der Waals surface area contributed by atoms with Gasteiger partial charge >= 0.3 is 0 Å². The van der Waals surface area contributed by atoms with Crippen molar-refractivity contribution >= 4 is 0 Å². The fourth-order valence-electron chi connectivity index (χ4n) is 1.86. The summed E-state index contributed by atoms with van der Waals surface area (Å²) in [5.41, 5.74) is 1.17. The molecule has 0 aromatic heterocycles. The van der Waals surface area contributed by atoms with Gasteiger partial charge in [-0.2, -0.15) is 0 Å². The van der Waals surface area contributed by atoms with E-state index in [1.807, 2.05) is 12.1 Å². The highest BCUT2D eigenvalue weighted by Crippen LogP contribution is 2.41. The number of methoxy groups -OCH3 is 2. The second-order valence-corrected chi connectivity index (χ2v) is 4.02. The van der Waals surface area contributed by atoms with E-state index < -0.39 is 0 Å². The number of ether oxygens (including phenoxy) is 4. The highest BCUT2D eigenvalue weighted by atomic mass is 16.7. The maximum atomic E-state index is 5.38. The Morgan fingerprint density at radius 3 is 2.89 bits per heavy atom. The molecule has 1 heterocycles. The van der Waals surface area contributed by atoms with Crippen molar-refractivity contribution in [2.45, 2.75) is 6.42 Å². The van der Waals surface area contributed by atoms with Crippen LogP contribution >= 0.6 is 0 Å². The van der Waals surface area contributed by atoms with Gasteiger partial charge in [0, 0.05) is 13.7 Å². The first-order valence-electron chi connectivity index (χ1n) is 6.01. The topological polar surface area (TPSA) is 49.0 Å². The minimum Gasteiger partial charge on any atom is -0.493 e. The van der Waals surface area contributed by atoms with Gasteiger partial charge in [-0.25, -0.2) is 0 Å². The monoisotopic (exact) mass is 253 g/mol. The van der Waals surface area contributed by atoms with E-state index in [1.165, 1.54) is 5.56 Å². The fraction of sp³-hybridized carbons (Fsp3) is 0.538. The van der Waals surface area contributed by atoms with E-state index in [0.29, 0.717) is 5.75 Å². The van der Waals surface area contributed by atoms with Crippen LogP contribution in [0.3, 0.4) is 0 Å². The van der Waals surface area contributed by atoms with Crippen LogP contribution in [0.25, 0.3) is 0 Å². The zero-order chi connectivity index (χ0) is 12.8. The van der Waals surface area contributed by atoms with Gasteiger partial charge in [-0.05, 0) is 30.7 Å². The van der Waals surface area contributed by atoms with Crippen molar-refractivity contribution in [2.24, 2.45) is 0 Å². The average Bonchev–Trinajstić information content (AvgIpc) is 2.85. The van der Waals surface area contributed by atoms with E-state index >= 15 is 0 Å². The molecule has 0 atom stereocenters. The van der Waals surface area contributed by atoms with Crippen molar-refractivity contribution < 1.29 is 18.9 Å². The van der Waals surface area contributed by atoms with Crippen LogP contribution in [0.2, 0.25) is 0 Å². The lowest BCUT2D eigenvalue weighted by Crippen LogP contribution is -2.21. The van der Waals surface area contributed by atoms with Crippen molar-refractivity contribution in [3.8, 4) is 17.2 Å². The van der Waals surface area contributed by atoms with Gasteiger partial charge in [-0.15, -0.1) is 0 Å². The molecule has 1 aromatic rings. The van der Waals surface area contributed by atoms with E-state index in [1.54, 1.807) is 14.2 Å². The Balaban J connectivity index is 1.93. The summed E-state index contributed by atoms with van der Waals surface area (Å²) in [6.45, 7) is 2.75. The van der Waals surface area contributed by atoms with E-state index in [4.69, 9.17) is 18.9 Å². The number of rotatable bonds is 7. The molecular weight excluding hydrogens is 234 g/mol. The van der Waals surface area contributed by atoms with Gasteiger partial charge in [0.1, 0.15) is 0 Å². The van der Waals surface area contributed by atoms with Crippen LogP contribution in [0.1, 0.15) is 5.56 Å². The van der Waals surface area contributed by atoms with Gasteiger partial charge < -0.3 is 24.3 Å². The molecule has 1 aliphatic heterocycles. The summed E-state index contributed by atoms with van der Waals surface area (Å²) in [5, 5.41) is 3.30. The van der Waals surface area contributed by atoms with Gasteiger partial charge in [0.2, 0.25) is 12.5 Å². The highest BCUT2D eigenvalue weighted by Gasteiger charge is 2.19. The number of nitrogens with one attached hydrogen (secondary N) is 1. The first-order valence-corrected chi connectivity index (χ1v) is 6.01. The molecule has 5 heteroatoms. The number of benzene rings is 1. The van der Waals surface area contributed by atoms with E-state index in [9.17, 15) is 0 Å². The molecule has 0 radical (unpaired) electrons. The van der Waals surface area contributed by atoms with Gasteiger partial charge in [-0.1, -0.05) is 0 Å². The summed E-state index contributed by atoms with van der Waals surface area (Å²) >= 11 is 0. The second-order valence-electron chi connectivity index (χ2n) is 4.02. The first-order chi connectivity index (χ1) is 8.85. The molecule has 100 valence electrons. The quantitative estimate of drug-likeness (QED) is 0.740. The standard InChI is InChI=1S/C13H19NO4/c1-15-6-5-14-4-3-10-7-11(16-2)13-12(8-10)17-9-18-13/h7-8,14H,3-6,9H2,1-2H3. The molecule has 0 spiro atoms. The Bertz CT molecular complexity index is 395. The van der Waals surface area contributed by atoms with Crippen LogP contribution in [0.15, 0.2) is 12.1 Å². The molecule has 1 N–H and O–H groups in total. The molecule has 0 bridgehead atoms. The highest BCUT2D eigenvalue weighted by molar-refractivity contribution is 5.55. The molecule has 1 aromatic carbocycles. The molecule has 0 fully saturated rings. The maximum Gasteiger partial charge on any atom is 0.231 e. The summed E-state index contributed by atoms with van der Waals surface area (Å²) in [6.07, 6.45) is 0.913. The Morgan fingerprint density at radius 2 is 2.11 bits per heavy atom. The zero-order valence-corrected chi connectivity index (χ0v) is 10.8. The minimum absolute atomic E-state index is 0.265. The minimum atomic E-state index is 0.265.